The van der Waals surface area contributed by atoms with E-state index in [0.717, 1.165) is 0 Å². The molecule has 0 amide bonds. The molecule has 7 heteroatoms. The van der Waals surface area contributed by atoms with E-state index < -0.39 is 0 Å². The smallest absolute Gasteiger partial charge is 0.0718 e. The van der Waals surface area contributed by atoms with Crippen molar-refractivity contribution in [2.45, 2.75) is 6.61 Å². The highest BCUT2D eigenvalue weighted by Crippen LogP contribution is 1.99. The lowest BCUT2D eigenvalue weighted by molar-refractivity contribution is -0.0205. The normalized spacial score (nSPS) is 11.0. The van der Waals surface area contributed by atoms with E-state index in [1.54, 1.807) is 6.08 Å². The molecule has 1 rings (SSSR count). The Bertz CT molecular complexity index is 456. The van der Waals surface area contributed by atoms with Crippen LogP contribution >= 0.6 is 0 Å². The molecule has 0 saturated carbocycles. The fraction of sp³-hybridized carbons (Fsp3) is 0.636. The lowest BCUT2D eigenvalue weighted by Crippen LogP contribution is -2.14. The first-order chi connectivity index (χ1) is 14.4. The highest BCUT2D eigenvalue weighted by molar-refractivity contribution is 5.13. The van der Waals surface area contributed by atoms with Gasteiger partial charge in [-0.05, 0) is 5.56 Å². The van der Waals surface area contributed by atoms with Gasteiger partial charge in [0.15, 0.2) is 0 Å². The lowest BCUT2D eigenvalue weighted by Gasteiger charge is -2.08. The van der Waals surface area contributed by atoms with Crippen molar-refractivity contribution in [2.24, 2.45) is 0 Å². The first-order valence-corrected chi connectivity index (χ1v) is 10.1. The van der Waals surface area contributed by atoms with Crippen LogP contribution in [0.25, 0.3) is 0 Å². The van der Waals surface area contributed by atoms with E-state index >= 15 is 0 Å². The Hall–Kier alpha value is -1.32. The van der Waals surface area contributed by atoms with Gasteiger partial charge < -0.3 is 33.2 Å². The van der Waals surface area contributed by atoms with E-state index in [4.69, 9.17) is 33.2 Å². The van der Waals surface area contributed by atoms with Gasteiger partial charge in [0, 0.05) is 0 Å². The average Bonchev–Trinajstić information content (AvgIpc) is 2.75. The van der Waals surface area contributed by atoms with Gasteiger partial charge in [-0.3, -0.25) is 0 Å². The van der Waals surface area contributed by atoms with E-state index in [1.807, 2.05) is 30.3 Å². The van der Waals surface area contributed by atoms with Crippen molar-refractivity contribution in [3.05, 3.63) is 48.6 Å². The predicted molar refractivity (Wildman–Crippen MR) is 111 cm³/mol. The molecular formula is C22H36O7. The van der Waals surface area contributed by atoms with Gasteiger partial charge in [0.1, 0.15) is 0 Å². The second-order valence-corrected chi connectivity index (χ2v) is 5.96. The zero-order valence-electron chi connectivity index (χ0n) is 17.4. The first-order valence-electron chi connectivity index (χ1n) is 10.1. The molecule has 0 saturated heterocycles. The van der Waals surface area contributed by atoms with Crippen LogP contribution in [0.3, 0.4) is 0 Å². The molecule has 0 aliphatic carbocycles. The third-order valence-electron chi connectivity index (χ3n) is 3.58. The monoisotopic (exact) mass is 412 g/mol. The summed E-state index contributed by atoms with van der Waals surface area (Å²) in [4.78, 5) is 0. The molecule has 7 nitrogen and oxygen atoms in total. The minimum Gasteiger partial charge on any atom is -0.377 e. The molecule has 29 heavy (non-hydrogen) atoms. The van der Waals surface area contributed by atoms with Crippen molar-refractivity contribution < 1.29 is 33.2 Å². The van der Waals surface area contributed by atoms with E-state index in [-0.39, 0.29) is 0 Å². The maximum Gasteiger partial charge on any atom is 0.0718 e. The number of ether oxygens (including phenoxy) is 7. The van der Waals surface area contributed by atoms with Crippen molar-refractivity contribution in [3.8, 4) is 0 Å². The van der Waals surface area contributed by atoms with Crippen LogP contribution in [0, 0.1) is 0 Å². The van der Waals surface area contributed by atoms with Crippen LogP contribution in [0.5, 0.6) is 0 Å². The topological polar surface area (TPSA) is 64.6 Å². The fourth-order valence-electron chi connectivity index (χ4n) is 2.15. The van der Waals surface area contributed by atoms with Crippen LogP contribution in [0.15, 0.2) is 43.0 Å². The Morgan fingerprint density at radius 2 is 0.897 bits per heavy atom. The maximum absolute atomic E-state index is 5.54. The standard InChI is InChI=1S/C22H36O7/c1-2-8-23-9-10-24-11-12-25-13-14-26-15-16-27-17-18-28-19-20-29-21-22-6-4-3-5-7-22/h2-7H,1,8-21H2. The van der Waals surface area contributed by atoms with E-state index in [1.165, 1.54) is 5.56 Å². The summed E-state index contributed by atoms with van der Waals surface area (Å²) in [5, 5.41) is 0. The molecule has 0 fully saturated rings. The summed E-state index contributed by atoms with van der Waals surface area (Å²) in [6.07, 6.45) is 1.71. The molecule has 1 aromatic rings. The molecule has 166 valence electrons. The van der Waals surface area contributed by atoms with Crippen molar-refractivity contribution in [3.63, 3.8) is 0 Å². The molecule has 1 aromatic carbocycles. The molecule has 0 N–H and O–H groups in total. The van der Waals surface area contributed by atoms with Gasteiger partial charge >= 0.3 is 0 Å². The second-order valence-electron chi connectivity index (χ2n) is 5.96. The van der Waals surface area contributed by atoms with Gasteiger partial charge in [-0.2, -0.15) is 0 Å². The summed E-state index contributed by atoms with van der Waals surface area (Å²) in [5.41, 5.74) is 1.17. The van der Waals surface area contributed by atoms with E-state index in [2.05, 4.69) is 6.58 Å². The van der Waals surface area contributed by atoms with Gasteiger partial charge in [-0.1, -0.05) is 36.4 Å². The highest BCUT2D eigenvalue weighted by atomic mass is 16.6. The van der Waals surface area contributed by atoms with Crippen LogP contribution in [-0.2, 0) is 39.8 Å². The molecular weight excluding hydrogens is 376 g/mol. The zero-order valence-corrected chi connectivity index (χ0v) is 17.4. The third kappa shape index (κ3) is 18.4. The third-order valence-corrected chi connectivity index (χ3v) is 3.58. The van der Waals surface area contributed by atoms with E-state index in [9.17, 15) is 0 Å². The van der Waals surface area contributed by atoms with Gasteiger partial charge in [-0.25, -0.2) is 0 Å². The summed E-state index contributed by atoms with van der Waals surface area (Å²) in [5.74, 6) is 0. The Morgan fingerprint density at radius 1 is 0.517 bits per heavy atom. The molecule has 0 heterocycles. The number of rotatable bonds is 22. The number of hydrogen-bond acceptors (Lipinski definition) is 7. The largest absolute Gasteiger partial charge is 0.377 e. The average molecular weight is 413 g/mol. The maximum atomic E-state index is 5.54. The van der Waals surface area contributed by atoms with Crippen molar-refractivity contribution >= 4 is 0 Å². The quantitative estimate of drug-likeness (QED) is 0.214. The van der Waals surface area contributed by atoms with Crippen LogP contribution in [-0.4, -0.2) is 85.9 Å². The van der Waals surface area contributed by atoms with Crippen molar-refractivity contribution in [1.29, 1.82) is 0 Å². The molecule has 0 unspecified atom stereocenters. The Balaban J connectivity index is 1.66. The lowest BCUT2D eigenvalue weighted by atomic mass is 10.2. The van der Waals surface area contributed by atoms with Crippen LogP contribution in [0.2, 0.25) is 0 Å². The first kappa shape index (κ1) is 25.7. The Kier molecular flexibility index (Phi) is 19.0. The van der Waals surface area contributed by atoms with Gasteiger partial charge in [0.2, 0.25) is 0 Å². The SMILES string of the molecule is C=CCOCCOCCOCCOCCOCCOCCOCc1ccccc1. The Morgan fingerprint density at radius 3 is 1.31 bits per heavy atom. The van der Waals surface area contributed by atoms with Gasteiger partial charge in [0.05, 0.1) is 92.5 Å². The number of benzene rings is 1. The summed E-state index contributed by atoms with van der Waals surface area (Å²) in [6.45, 7) is 11.4. The molecule has 0 aromatic heterocycles. The Labute approximate surface area is 174 Å². The highest BCUT2D eigenvalue weighted by Gasteiger charge is 1.95. The summed E-state index contributed by atoms with van der Waals surface area (Å²) in [6, 6.07) is 10.1. The van der Waals surface area contributed by atoms with Gasteiger partial charge in [0.25, 0.3) is 0 Å². The van der Waals surface area contributed by atoms with E-state index in [0.29, 0.717) is 92.5 Å². The van der Waals surface area contributed by atoms with Crippen molar-refractivity contribution in [2.75, 3.05) is 85.9 Å². The molecule has 0 aliphatic heterocycles. The zero-order chi connectivity index (χ0) is 20.7. The summed E-state index contributed by atoms with van der Waals surface area (Å²) >= 11 is 0. The van der Waals surface area contributed by atoms with Gasteiger partial charge in [-0.15, -0.1) is 6.58 Å². The van der Waals surface area contributed by atoms with Crippen molar-refractivity contribution in [1.82, 2.24) is 0 Å². The second kappa shape index (κ2) is 21.4. The van der Waals surface area contributed by atoms with Crippen LogP contribution in [0.4, 0.5) is 0 Å². The predicted octanol–water partition coefficient (Wildman–Crippen LogP) is 2.49. The fourth-order valence-corrected chi connectivity index (χ4v) is 2.15. The summed E-state index contributed by atoms with van der Waals surface area (Å²) in [7, 11) is 0. The minimum atomic E-state index is 0.542. The van der Waals surface area contributed by atoms with Crippen LogP contribution in [0.1, 0.15) is 5.56 Å². The minimum absolute atomic E-state index is 0.542. The van der Waals surface area contributed by atoms with Crippen LogP contribution < -0.4 is 0 Å². The molecule has 0 bridgehead atoms. The molecule has 0 spiro atoms. The molecule has 0 radical (unpaired) electrons. The number of hydrogen-bond donors (Lipinski definition) is 0. The summed E-state index contributed by atoms with van der Waals surface area (Å²) < 4.78 is 37.8. The molecule has 0 atom stereocenters. The molecule has 0 aliphatic rings.